The van der Waals surface area contributed by atoms with Gasteiger partial charge in [-0.3, -0.25) is 10.1 Å². The van der Waals surface area contributed by atoms with Gasteiger partial charge in [-0.25, -0.2) is 0 Å². The lowest BCUT2D eigenvalue weighted by atomic mass is 9.96. The molecular weight excluding hydrogens is 312 g/mol. The average Bonchev–Trinajstić information content (AvgIpc) is 2.40. The van der Waals surface area contributed by atoms with Crippen LogP contribution in [0.3, 0.4) is 0 Å². The van der Waals surface area contributed by atoms with Crippen molar-refractivity contribution in [2.75, 3.05) is 6.61 Å². The summed E-state index contributed by atoms with van der Waals surface area (Å²) in [7, 11) is 0. The highest BCUT2D eigenvalue weighted by molar-refractivity contribution is 9.10. The number of nitrogens with two attached hydrogens (primary N) is 1. The Morgan fingerprint density at radius 2 is 2.05 bits per heavy atom. The maximum atomic E-state index is 10.6. The van der Waals surface area contributed by atoms with Crippen molar-refractivity contribution >= 4 is 21.6 Å². The lowest BCUT2D eigenvalue weighted by molar-refractivity contribution is -0.384. The predicted molar refractivity (Wildman–Crippen MR) is 78.0 cm³/mol. The van der Waals surface area contributed by atoms with Gasteiger partial charge in [0.1, 0.15) is 0 Å². The summed E-state index contributed by atoms with van der Waals surface area (Å²) in [5, 5.41) is 10.6. The van der Waals surface area contributed by atoms with Gasteiger partial charge in [-0.05, 0) is 24.5 Å². The molecule has 0 atom stereocenters. The molecule has 0 aromatic heterocycles. The molecular formula is C13H19BrN2O3. The van der Waals surface area contributed by atoms with Crippen LogP contribution in [0.4, 0.5) is 5.69 Å². The SMILES string of the molecule is CCC(N)(CC)COCc1ccc([N+](=O)[O-])cc1Br. The van der Waals surface area contributed by atoms with Gasteiger partial charge in [0, 0.05) is 22.1 Å². The second-order valence-corrected chi connectivity index (χ2v) is 5.45. The second-order valence-electron chi connectivity index (χ2n) is 4.60. The molecule has 0 heterocycles. The number of hydrogen-bond donors (Lipinski definition) is 1. The largest absolute Gasteiger partial charge is 0.375 e. The van der Waals surface area contributed by atoms with E-state index in [0.29, 0.717) is 17.7 Å². The molecule has 0 saturated heterocycles. The Labute approximate surface area is 121 Å². The van der Waals surface area contributed by atoms with Gasteiger partial charge in [-0.1, -0.05) is 29.8 Å². The summed E-state index contributed by atoms with van der Waals surface area (Å²) in [6.07, 6.45) is 1.70. The van der Waals surface area contributed by atoms with E-state index in [2.05, 4.69) is 15.9 Å². The van der Waals surface area contributed by atoms with E-state index >= 15 is 0 Å². The third-order valence-electron chi connectivity index (χ3n) is 3.30. The van der Waals surface area contributed by atoms with Crippen LogP contribution in [0.2, 0.25) is 0 Å². The summed E-state index contributed by atoms with van der Waals surface area (Å²) in [6.45, 7) is 4.93. The fourth-order valence-corrected chi connectivity index (χ4v) is 2.07. The number of halogens is 1. The Balaban J connectivity index is 2.61. The van der Waals surface area contributed by atoms with Gasteiger partial charge >= 0.3 is 0 Å². The Morgan fingerprint density at radius 3 is 2.53 bits per heavy atom. The van der Waals surface area contributed by atoms with E-state index < -0.39 is 4.92 Å². The summed E-state index contributed by atoms with van der Waals surface area (Å²) in [5.74, 6) is 0. The lowest BCUT2D eigenvalue weighted by Gasteiger charge is -2.26. The van der Waals surface area contributed by atoms with E-state index in [4.69, 9.17) is 10.5 Å². The molecule has 0 bridgehead atoms. The first-order valence-corrected chi connectivity index (χ1v) is 7.00. The van der Waals surface area contributed by atoms with Crippen LogP contribution in [-0.2, 0) is 11.3 Å². The summed E-state index contributed by atoms with van der Waals surface area (Å²) in [4.78, 5) is 10.2. The number of nitrogens with zero attached hydrogens (tertiary/aromatic N) is 1. The quantitative estimate of drug-likeness (QED) is 0.613. The van der Waals surface area contributed by atoms with Crippen LogP contribution >= 0.6 is 15.9 Å². The second kappa shape index (κ2) is 6.98. The topological polar surface area (TPSA) is 78.4 Å². The highest BCUT2D eigenvalue weighted by Crippen LogP contribution is 2.24. The molecule has 5 nitrogen and oxygen atoms in total. The number of nitro groups is 1. The molecule has 0 fully saturated rings. The number of nitro benzene ring substituents is 1. The van der Waals surface area contributed by atoms with Gasteiger partial charge in [-0.2, -0.15) is 0 Å². The monoisotopic (exact) mass is 330 g/mol. The maximum absolute atomic E-state index is 10.6. The highest BCUT2D eigenvalue weighted by atomic mass is 79.9. The van der Waals surface area contributed by atoms with E-state index in [1.54, 1.807) is 6.07 Å². The number of ether oxygens (including phenoxy) is 1. The van der Waals surface area contributed by atoms with Crippen LogP contribution in [0.5, 0.6) is 0 Å². The Bertz CT molecular complexity index is 448. The minimum Gasteiger partial charge on any atom is -0.375 e. The molecule has 0 saturated carbocycles. The Hall–Kier alpha value is -0.980. The minimum absolute atomic E-state index is 0.0610. The van der Waals surface area contributed by atoms with Gasteiger partial charge < -0.3 is 10.5 Å². The zero-order valence-corrected chi connectivity index (χ0v) is 12.8. The summed E-state index contributed by atoms with van der Waals surface area (Å²) in [5.41, 5.74) is 6.77. The van der Waals surface area contributed by atoms with Crippen LogP contribution in [0, 0.1) is 10.1 Å². The molecule has 0 aliphatic heterocycles. The predicted octanol–water partition coefficient (Wildman–Crippen LogP) is 3.39. The molecule has 0 unspecified atom stereocenters. The molecule has 0 spiro atoms. The van der Waals surface area contributed by atoms with Crippen LogP contribution in [-0.4, -0.2) is 17.1 Å². The fraction of sp³-hybridized carbons (Fsp3) is 0.538. The first-order valence-electron chi connectivity index (χ1n) is 6.21. The Kier molecular flexibility index (Phi) is 5.90. The molecule has 6 heteroatoms. The van der Waals surface area contributed by atoms with Crippen LogP contribution in [0.1, 0.15) is 32.3 Å². The van der Waals surface area contributed by atoms with E-state index in [1.165, 1.54) is 12.1 Å². The molecule has 1 aromatic rings. The van der Waals surface area contributed by atoms with Crippen molar-refractivity contribution in [3.63, 3.8) is 0 Å². The summed E-state index contributed by atoms with van der Waals surface area (Å²) in [6, 6.07) is 4.64. The van der Waals surface area contributed by atoms with Crippen molar-refractivity contribution in [2.45, 2.75) is 38.8 Å². The van der Waals surface area contributed by atoms with Gasteiger partial charge in [0.2, 0.25) is 0 Å². The van der Waals surface area contributed by atoms with Crippen molar-refractivity contribution in [2.24, 2.45) is 5.73 Å². The molecule has 0 aliphatic rings. The van der Waals surface area contributed by atoms with Crippen molar-refractivity contribution in [1.82, 2.24) is 0 Å². The van der Waals surface area contributed by atoms with Crippen LogP contribution in [0.25, 0.3) is 0 Å². The van der Waals surface area contributed by atoms with E-state index in [-0.39, 0.29) is 11.2 Å². The molecule has 106 valence electrons. The van der Waals surface area contributed by atoms with Gasteiger partial charge in [-0.15, -0.1) is 0 Å². The molecule has 1 aromatic carbocycles. The molecule has 0 aliphatic carbocycles. The normalized spacial score (nSPS) is 11.6. The van der Waals surface area contributed by atoms with E-state index in [0.717, 1.165) is 18.4 Å². The summed E-state index contributed by atoms with van der Waals surface area (Å²) < 4.78 is 6.30. The molecule has 19 heavy (non-hydrogen) atoms. The first kappa shape index (κ1) is 16.1. The third-order valence-corrected chi connectivity index (χ3v) is 4.04. The molecule has 2 N–H and O–H groups in total. The smallest absolute Gasteiger partial charge is 0.270 e. The number of non-ortho nitro benzene ring substituents is 1. The fourth-order valence-electron chi connectivity index (χ4n) is 1.59. The van der Waals surface area contributed by atoms with Gasteiger partial charge in [0.15, 0.2) is 0 Å². The van der Waals surface area contributed by atoms with Crippen LogP contribution in [0.15, 0.2) is 22.7 Å². The number of benzene rings is 1. The number of rotatable bonds is 7. The molecule has 0 amide bonds. The summed E-state index contributed by atoms with van der Waals surface area (Å²) >= 11 is 3.31. The van der Waals surface area contributed by atoms with Crippen LogP contribution < -0.4 is 5.73 Å². The van der Waals surface area contributed by atoms with Crippen molar-refractivity contribution in [1.29, 1.82) is 0 Å². The number of hydrogen-bond acceptors (Lipinski definition) is 4. The highest BCUT2D eigenvalue weighted by Gasteiger charge is 2.20. The zero-order chi connectivity index (χ0) is 14.5. The molecule has 1 rings (SSSR count). The van der Waals surface area contributed by atoms with Gasteiger partial charge in [0.05, 0.1) is 18.1 Å². The zero-order valence-electron chi connectivity index (χ0n) is 11.2. The molecule has 0 radical (unpaired) electrons. The van der Waals surface area contributed by atoms with E-state index in [1.807, 2.05) is 13.8 Å². The van der Waals surface area contributed by atoms with E-state index in [9.17, 15) is 10.1 Å². The standard InChI is InChI=1S/C13H19BrN2O3/c1-3-13(15,4-2)9-19-8-10-5-6-11(16(17)18)7-12(10)14/h5-7H,3-4,8-9,15H2,1-2H3. The Morgan fingerprint density at radius 1 is 1.42 bits per heavy atom. The van der Waals surface area contributed by atoms with Crippen molar-refractivity contribution in [3.8, 4) is 0 Å². The van der Waals surface area contributed by atoms with Crippen molar-refractivity contribution < 1.29 is 9.66 Å². The lowest BCUT2D eigenvalue weighted by Crippen LogP contribution is -2.43. The third kappa shape index (κ3) is 4.56. The first-order chi connectivity index (χ1) is 8.91. The maximum Gasteiger partial charge on any atom is 0.270 e. The minimum atomic E-state index is -0.422. The van der Waals surface area contributed by atoms with Gasteiger partial charge in [0.25, 0.3) is 5.69 Å². The van der Waals surface area contributed by atoms with Crippen molar-refractivity contribution in [3.05, 3.63) is 38.3 Å². The average molecular weight is 331 g/mol.